The van der Waals surface area contributed by atoms with E-state index in [1.54, 1.807) is 19.1 Å². The Balaban J connectivity index is 2.20. The number of hydrogen-bond acceptors (Lipinski definition) is 2. The number of carbonyl (C=O) groups is 1. The Morgan fingerprint density at radius 1 is 1.20 bits per heavy atom. The molecule has 1 saturated carbocycles. The topological polar surface area (TPSA) is 49.3 Å². The molecule has 4 heteroatoms. The van der Waals surface area contributed by atoms with E-state index in [0.29, 0.717) is 5.56 Å². The van der Waals surface area contributed by atoms with Crippen LogP contribution < -0.4 is 5.32 Å². The van der Waals surface area contributed by atoms with Crippen molar-refractivity contribution in [1.82, 2.24) is 5.32 Å². The van der Waals surface area contributed by atoms with Crippen LogP contribution in [0.15, 0.2) is 24.3 Å². The van der Waals surface area contributed by atoms with Gasteiger partial charge in [0, 0.05) is 6.04 Å². The molecule has 2 rings (SSSR count). The van der Waals surface area contributed by atoms with Gasteiger partial charge in [0.25, 0.3) is 0 Å². The lowest BCUT2D eigenvalue weighted by molar-refractivity contribution is -0.145. The highest BCUT2D eigenvalue weighted by Crippen LogP contribution is 2.26. The molecule has 1 fully saturated rings. The SMILES string of the molecule is CC(NC1CCCCCC1)(C(=O)O)c1ccc(F)cc1. The lowest BCUT2D eigenvalue weighted by Gasteiger charge is -2.31. The van der Waals surface area contributed by atoms with Crippen LogP contribution in [-0.2, 0) is 10.3 Å². The smallest absolute Gasteiger partial charge is 0.328 e. The van der Waals surface area contributed by atoms with Crippen LogP contribution in [0.3, 0.4) is 0 Å². The zero-order valence-electron chi connectivity index (χ0n) is 11.9. The van der Waals surface area contributed by atoms with Crippen molar-refractivity contribution < 1.29 is 14.3 Å². The number of nitrogens with one attached hydrogen (secondary N) is 1. The van der Waals surface area contributed by atoms with Gasteiger partial charge in [0.1, 0.15) is 11.4 Å². The highest BCUT2D eigenvalue weighted by Gasteiger charge is 2.37. The van der Waals surface area contributed by atoms with Crippen molar-refractivity contribution in [2.45, 2.75) is 57.0 Å². The highest BCUT2D eigenvalue weighted by atomic mass is 19.1. The second-order valence-corrected chi connectivity index (χ2v) is 5.77. The first-order valence-electron chi connectivity index (χ1n) is 7.29. The Kier molecular flexibility index (Phi) is 4.76. The molecule has 20 heavy (non-hydrogen) atoms. The van der Waals surface area contributed by atoms with Crippen LogP contribution in [0.25, 0.3) is 0 Å². The Bertz CT molecular complexity index is 452. The summed E-state index contributed by atoms with van der Waals surface area (Å²) in [5.74, 6) is -1.27. The number of aliphatic carboxylic acids is 1. The maximum Gasteiger partial charge on any atom is 0.328 e. The number of hydrogen-bond donors (Lipinski definition) is 2. The molecular formula is C16H22FNO2. The van der Waals surface area contributed by atoms with Crippen LogP contribution >= 0.6 is 0 Å². The van der Waals surface area contributed by atoms with E-state index in [4.69, 9.17) is 0 Å². The van der Waals surface area contributed by atoms with E-state index >= 15 is 0 Å². The summed E-state index contributed by atoms with van der Waals surface area (Å²) in [5, 5.41) is 12.9. The summed E-state index contributed by atoms with van der Waals surface area (Å²) in [5.41, 5.74) is -0.571. The van der Waals surface area contributed by atoms with Crippen molar-refractivity contribution in [3.8, 4) is 0 Å². The van der Waals surface area contributed by atoms with Gasteiger partial charge >= 0.3 is 5.97 Å². The number of halogens is 1. The average Bonchev–Trinajstić information content (AvgIpc) is 2.67. The normalized spacial score (nSPS) is 20.1. The lowest BCUT2D eigenvalue weighted by atomic mass is 9.90. The molecule has 1 aromatic rings. The Labute approximate surface area is 119 Å². The molecule has 0 bridgehead atoms. The van der Waals surface area contributed by atoms with Gasteiger partial charge in [0.15, 0.2) is 0 Å². The van der Waals surface area contributed by atoms with Gasteiger partial charge in [0.2, 0.25) is 0 Å². The molecule has 1 unspecified atom stereocenters. The average molecular weight is 279 g/mol. The van der Waals surface area contributed by atoms with Crippen molar-refractivity contribution >= 4 is 5.97 Å². The number of benzene rings is 1. The van der Waals surface area contributed by atoms with Gasteiger partial charge in [-0.05, 0) is 37.5 Å². The number of rotatable bonds is 4. The summed E-state index contributed by atoms with van der Waals surface area (Å²) in [4.78, 5) is 11.7. The fourth-order valence-corrected chi connectivity index (χ4v) is 2.88. The molecule has 3 nitrogen and oxygen atoms in total. The van der Waals surface area contributed by atoms with Crippen LogP contribution in [0, 0.1) is 5.82 Å². The van der Waals surface area contributed by atoms with E-state index in [-0.39, 0.29) is 11.9 Å². The van der Waals surface area contributed by atoms with Gasteiger partial charge in [0.05, 0.1) is 0 Å². The van der Waals surface area contributed by atoms with Crippen molar-refractivity contribution in [3.05, 3.63) is 35.6 Å². The zero-order valence-corrected chi connectivity index (χ0v) is 11.9. The third-order valence-corrected chi connectivity index (χ3v) is 4.20. The molecule has 110 valence electrons. The first-order valence-corrected chi connectivity index (χ1v) is 7.29. The molecule has 1 aliphatic carbocycles. The second kappa shape index (κ2) is 6.35. The molecule has 0 heterocycles. The zero-order chi connectivity index (χ0) is 14.6. The summed E-state index contributed by atoms with van der Waals surface area (Å²) in [6.45, 7) is 1.66. The third-order valence-electron chi connectivity index (χ3n) is 4.20. The number of carboxylic acid groups (broad SMARTS) is 1. The van der Waals surface area contributed by atoms with Crippen molar-refractivity contribution in [2.75, 3.05) is 0 Å². The van der Waals surface area contributed by atoms with Crippen molar-refractivity contribution in [2.24, 2.45) is 0 Å². The van der Waals surface area contributed by atoms with Crippen molar-refractivity contribution in [3.63, 3.8) is 0 Å². The molecule has 0 aromatic heterocycles. The predicted molar refractivity (Wildman–Crippen MR) is 76.0 cm³/mol. The summed E-state index contributed by atoms with van der Waals surface area (Å²) in [6.07, 6.45) is 6.72. The van der Waals surface area contributed by atoms with E-state index in [1.807, 2.05) is 0 Å². The van der Waals surface area contributed by atoms with Crippen LogP contribution in [0.1, 0.15) is 51.0 Å². The maximum absolute atomic E-state index is 13.0. The second-order valence-electron chi connectivity index (χ2n) is 5.77. The molecule has 2 N–H and O–H groups in total. The van der Waals surface area contributed by atoms with Crippen molar-refractivity contribution in [1.29, 1.82) is 0 Å². The van der Waals surface area contributed by atoms with E-state index in [2.05, 4.69) is 5.32 Å². The maximum atomic E-state index is 13.0. The quantitative estimate of drug-likeness (QED) is 0.830. The minimum Gasteiger partial charge on any atom is -0.480 e. The van der Waals surface area contributed by atoms with Gasteiger partial charge in [-0.3, -0.25) is 5.32 Å². The third kappa shape index (κ3) is 3.37. The Morgan fingerprint density at radius 3 is 2.25 bits per heavy atom. The fraction of sp³-hybridized carbons (Fsp3) is 0.562. The van der Waals surface area contributed by atoms with E-state index in [1.165, 1.54) is 25.0 Å². The molecule has 0 spiro atoms. The van der Waals surface area contributed by atoms with E-state index in [0.717, 1.165) is 25.7 Å². The Morgan fingerprint density at radius 2 is 1.75 bits per heavy atom. The van der Waals surface area contributed by atoms with Gasteiger partial charge in [-0.1, -0.05) is 37.8 Å². The molecule has 0 saturated heterocycles. The predicted octanol–water partition coefficient (Wildman–Crippen LogP) is 3.44. The molecule has 0 amide bonds. The van der Waals surface area contributed by atoms with Gasteiger partial charge in [-0.25, -0.2) is 9.18 Å². The summed E-state index contributed by atoms with van der Waals surface area (Å²) < 4.78 is 13.0. The minimum atomic E-state index is -1.16. The highest BCUT2D eigenvalue weighted by molar-refractivity contribution is 5.80. The number of carboxylic acids is 1. The van der Waals surface area contributed by atoms with E-state index < -0.39 is 11.5 Å². The van der Waals surface area contributed by atoms with Crippen LogP contribution in [-0.4, -0.2) is 17.1 Å². The van der Waals surface area contributed by atoms with Gasteiger partial charge in [-0.15, -0.1) is 0 Å². The molecule has 1 aromatic carbocycles. The summed E-state index contributed by atoms with van der Waals surface area (Å²) in [7, 11) is 0. The van der Waals surface area contributed by atoms with Crippen LogP contribution in [0.2, 0.25) is 0 Å². The van der Waals surface area contributed by atoms with E-state index in [9.17, 15) is 14.3 Å². The van der Waals surface area contributed by atoms with Crippen LogP contribution in [0.4, 0.5) is 4.39 Å². The first kappa shape index (κ1) is 15.0. The summed E-state index contributed by atoms with van der Waals surface area (Å²) >= 11 is 0. The molecule has 1 atom stereocenters. The molecule has 0 radical (unpaired) electrons. The molecule has 0 aliphatic heterocycles. The standard InChI is InChI=1S/C16H22FNO2/c1-16(15(19)20,12-8-10-13(17)11-9-12)18-14-6-4-2-3-5-7-14/h8-11,14,18H,2-7H2,1H3,(H,19,20). The van der Waals surface area contributed by atoms with Gasteiger partial charge < -0.3 is 5.11 Å². The summed E-state index contributed by atoms with van der Waals surface area (Å²) in [6, 6.07) is 5.93. The fourth-order valence-electron chi connectivity index (χ4n) is 2.88. The lowest BCUT2D eigenvalue weighted by Crippen LogP contribution is -2.51. The minimum absolute atomic E-state index is 0.212. The largest absolute Gasteiger partial charge is 0.480 e. The van der Waals surface area contributed by atoms with Gasteiger partial charge in [-0.2, -0.15) is 0 Å². The monoisotopic (exact) mass is 279 g/mol. The first-order chi connectivity index (χ1) is 9.52. The van der Waals surface area contributed by atoms with Crippen LogP contribution in [0.5, 0.6) is 0 Å². The molecule has 1 aliphatic rings. The Hall–Kier alpha value is -1.42. The molecular weight excluding hydrogens is 257 g/mol.